The van der Waals surface area contributed by atoms with Gasteiger partial charge in [-0.2, -0.15) is 0 Å². The number of nitro groups is 1. The van der Waals surface area contributed by atoms with E-state index < -0.39 is 4.92 Å². The molecule has 3 aromatic rings. The molecule has 1 N–H and O–H groups in total. The molecule has 0 atom stereocenters. The minimum Gasteiger partial charge on any atom is -0.493 e. The average molecular weight is 392 g/mol. The fraction of sp³-hybridized carbons (Fsp3) is 0.217. The molecular weight excluding hydrogens is 368 g/mol. The zero-order valence-electron chi connectivity index (χ0n) is 16.6. The zero-order chi connectivity index (χ0) is 20.6. The molecule has 0 radical (unpaired) electrons. The summed E-state index contributed by atoms with van der Waals surface area (Å²) >= 11 is 0. The van der Waals surface area contributed by atoms with Crippen LogP contribution in [-0.4, -0.2) is 12.0 Å². The molecule has 29 heavy (non-hydrogen) atoms. The molecule has 3 aromatic carbocycles. The van der Waals surface area contributed by atoms with E-state index >= 15 is 0 Å². The lowest BCUT2D eigenvalue weighted by atomic mass is 10.1. The largest absolute Gasteiger partial charge is 0.493 e. The number of hydrogen-bond donors (Lipinski definition) is 1. The lowest BCUT2D eigenvalue weighted by Crippen LogP contribution is -2.03. The third-order valence-electron chi connectivity index (χ3n) is 4.65. The van der Waals surface area contributed by atoms with Crippen LogP contribution in [0.2, 0.25) is 0 Å². The Labute approximate surface area is 170 Å². The molecule has 150 valence electrons. The highest BCUT2D eigenvalue weighted by molar-refractivity contribution is 5.52. The highest BCUT2D eigenvalue weighted by atomic mass is 16.6. The van der Waals surface area contributed by atoms with Crippen molar-refractivity contribution in [1.82, 2.24) is 0 Å². The number of nitrogens with zero attached hydrogens (tertiary/aromatic N) is 1. The maximum atomic E-state index is 10.7. The van der Waals surface area contributed by atoms with Gasteiger partial charge in [-0.05, 0) is 53.4 Å². The Balaban J connectivity index is 1.64. The molecule has 0 bridgehead atoms. The first-order chi connectivity index (χ1) is 14.1. The van der Waals surface area contributed by atoms with Crippen molar-refractivity contribution < 1.29 is 14.4 Å². The molecule has 0 aliphatic carbocycles. The standard InChI is InChI=1S/C23H24N2O4/c1-3-19-6-4-5-7-21(19)24-15-18-10-13-22(23(14-18)28-2)29-16-17-8-11-20(12-9-17)25(26)27/h4-14,24H,3,15-16H2,1-2H3. The van der Waals surface area contributed by atoms with Gasteiger partial charge < -0.3 is 14.8 Å². The lowest BCUT2D eigenvalue weighted by Gasteiger charge is -2.14. The summed E-state index contributed by atoms with van der Waals surface area (Å²) in [4.78, 5) is 10.3. The van der Waals surface area contributed by atoms with Crippen molar-refractivity contribution in [1.29, 1.82) is 0 Å². The Bertz CT molecular complexity index is 971. The van der Waals surface area contributed by atoms with Crippen molar-refractivity contribution in [2.45, 2.75) is 26.5 Å². The number of hydrogen-bond acceptors (Lipinski definition) is 5. The second-order valence-electron chi connectivity index (χ2n) is 6.56. The Morgan fingerprint density at radius 3 is 2.38 bits per heavy atom. The molecule has 6 heteroatoms. The number of rotatable bonds is 9. The van der Waals surface area contributed by atoms with E-state index in [2.05, 4.69) is 24.4 Å². The van der Waals surface area contributed by atoms with Crippen molar-refractivity contribution in [3.63, 3.8) is 0 Å². The first-order valence-electron chi connectivity index (χ1n) is 9.45. The molecule has 0 aliphatic rings. The number of non-ortho nitro benzene ring substituents is 1. The van der Waals surface area contributed by atoms with E-state index in [1.165, 1.54) is 17.7 Å². The highest BCUT2D eigenvalue weighted by Crippen LogP contribution is 2.29. The van der Waals surface area contributed by atoms with Crippen LogP contribution < -0.4 is 14.8 Å². The third kappa shape index (κ3) is 5.25. The number of benzene rings is 3. The zero-order valence-corrected chi connectivity index (χ0v) is 16.6. The fourth-order valence-corrected chi connectivity index (χ4v) is 3.01. The van der Waals surface area contributed by atoms with Crippen molar-refractivity contribution in [3.05, 3.63) is 93.5 Å². The highest BCUT2D eigenvalue weighted by Gasteiger charge is 2.09. The second kappa shape index (κ2) is 9.59. The molecule has 3 rings (SSSR count). The second-order valence-corrected chi connectivity index (χ2v) is 6.56. The first kappa shape index (κ1) is 20.2. The number of ether oxygens (including phenoxy) is 2. The number of nitro benzene ring substituents is 1. The molecule has 0 heterocycles. The van der Waals surface area contributed by atoms with Gasteiger partial charge in [0, 0.05) is 24.4 Å². The molecule has 0 spiro atoms. The molecule has 0 aromatic heterocycles. The Hall–Kier alpha value is -3.54. The summed E-state index contributed by atoms with van der Waals surface area (Å²) in [6.07, 6.45) is 0.974. The van der Waals surface area contributed by atoms with Crippen LogP contribution in [0.3, 0.4) is 0 Å². The minimum atomic E-state index is -0.417. The maximum Gasteiger partial charge on any atom is 0.269 e. The van der Waals surface area contributed by atoms with Gasteiger partial charge in [-0.25, -0.2) is 0 Å². The molecule has 0 aliphatic heterocycles. The van der Waals surface area contributed by atoms with Crippen LogP contribution in [0.1, 0.15) is 23.6 Å². The van der Waals surface area contributed by atoms with E-state index in [1.807, 2.05) is 30.3 Å². The Morgan fingerprint density at radius 1 is 0.966 bits per heavy atom. The summed E-state index contributed by atoms with van der Waals surface area (Å²) < 4.78 is 11.3. The number of para-hydroxylation sites is 1. The topological polar surface area (TPSA) is 73.6 Å². The average Bonchev–Trinajstić information content (AvgIpc) is 2.76. The smallest absolute Gasteiger partial charge is 0.269 e. The van der Waals surface area contributed by atoms with Gasteiger partial charge in [-0.1, -0.05) is 31.2 Å². The normalized spacial score (nSPS) is 10.4. The molecular formula is C23H24N2O4. The maximum absolute atomic E-state index is 10.7. The summed E-state index contributed by atoms with van der Waals surface area (Å²) in [5.74, 6) is 1.28. The lowest BCUT2D eigenvalue weighted by molar-refractivity contribution is -0.384. The quantitative estimate of drug-likeness (QED) is 0.392. The van der Waals surface area contributed by atoms with Crippen LogP contribution in [0, 0.1) is 10.1 Å². The summed E-state index contributed by atoms with van der Waals surface area (Å²) in [7, 11) is 1.61. The van der Waals surface area contributed by atoms with Gasteiger partial charge in [0.1, 0.15) is 6.61 Å². The van der Waals surface area contributed by atoms with Gasteiger partial charge in [-0.15, -0.1) is 0 Å². The summed E-state index contributed by atoms with van der Waals surface area (Å²) in [6, 6.07) is 20.4. The van der Waals surface area contributed by atoms with Gasteiger partial charge in [0.15, 0.2) is 11.5 Å². The van der Waals surface area contributed by atoms with E-state index in [-0.39, 0.29) is 5.69 Å². The molecule has 0 saturated carbocycles. The number of aryl methyl sites for hydroxylation is 1. The number of nitrogens with one attached hydrogen (secondary N) is 1. The van der Waals surface area contributed by atoms with Gasteiger partial charge in [0.25, 0.3) is 5.69 Å². The predicted octanol–water partition coefficient (Wildman–Crippen LogP) is 5.36. The molecule has 6 nitrogen and oxygen atoms in total. The third-order valence-corrected chi connectivity index (χ3v) is 4.65. The van der Waals surface area contributed by atoms with Crippen LogP contribution in [0.15, 0.2) is 66.7 Å². The summed E-state index contributed by atoms with van der Waals surface area (Å²) in [5, 5.41) is 14.2. The van der Waals surface area contributed by atoms with E-state index in [0.29, 0.717) is 24.7 Å². The number of methoxy groups -OCH3 is 1. The van der Waals surface area contributed by atoms with Crippen LogP contribution in [0.25, 0.3) is 0 Å². The van der Waals surface area contributed by atoms with Gasteiger partial charge >= 0.3 is 0 Å². The number of anilines is 1. The van der Waals surface area contributed by atoms with E-state index in [0.717, 1.165) is 23.2 Å². The Morgan fingerprint density at radius 2 is 1.69 bits per heavy atom. The van der Waals surface area contributed by atoms with Crippen molar-refractivity contribution in [2.75, 3.05) is 12.4 Å². The predicted molar refractivity (Wildman–Crippen MR) is 114 cm³/mol. The van der Waals surface area contributed by atoms with Crippen molar-refractivity contribution in [2.24, 2.45) is 0 Å². The molecule has 0 amide bonds. The van der Waals surface area contributed by atoms with Gasteiger partial charge in [-0.3, -0.25) is 10.1 Å². The molecule has 0 saturated heterocycles. The molecule has 0 fully saturated rings. The summed E-state index contributed by atoms with van der Waals surface area (Å²) in [5.41, 5.74) is 4.40. The summed E-state index contributed by atoms with van der Waals surface area (Å²) in [6.45, 7) is 3.12. The van der Waals surface area contributed by atoms with Crippen LogP contribution in [0.4, 0.5) is 11.4 Å². The minimum absolute atomic E-state index is 0.0628. The van der Waals surface area contributed by atoms with Crippen LogP contribution in [0.5, 0.6) is 11.5 Å². The Kier molecular flexibility index (Phi) is 6.68. The van der Waals surface area contributed by atoms with Crippen molar-refractivity contribution >= 4 is 11.4 Å². The van der Waals surface area contributed by atoms with Crippen LogP contribution in [-0.2, 0) is 19.6 Å². The van der Waals surface area contributed by atoms with Gasteiger partial charge in [0.2, 0.25) is 0 Å². The SMILES string of the molecule is CCc1ccccc1NCc1ccc(OCc2ccc([N+](=O)[O-])cc2)c(OC)c1. The van der Waals surface area contributed by atoms with Crippen molar-refractivity contribution in [3.8, 4) is 11.5 Å². The van der Waals surface area contributed by atoms with E-state index in [4.69, 9.17) is 9.47 Å². The van der Waals surface area contributed by atoms with Crippen LogP contribution >= 0.6 is 0 Å². The molecule has 0 unspecified atom stereocenters. The van der Waals surface area contributed by atoms with Gasteiger partial charge in [0.05, 0.1) is 12.0 Å². The monoisotopic (exact) mass is 392 g/mol. The van der Waals surface area contributed by atoms with E-state index in [1.54, 1.807) is 19.2 Å². The van der Waals surface area contributed by atoms with E-state index in [9.17, 15) is 10.1 Å². The first-order valence-corrected chi connectivity index (χ1v) is 9.45. The fourth-order valence-electron chi connectivity index (χ4n) is 3.01.